The molecule has 4 rings (SSSR count). The van der Waals surface area contributed by atoms with Crippen LogP contribution in [0.4, 0.5) is 0 Å². The molecule has 1 N–H and O–H groups in total. The lowest BCUT2D eigenvalue weighted by Gasteiger charge is -2.33. The van der Waals surface area contributed by atoms with E-state index in [1.165, 1.54) is 9.71 Å². The number of carbonyl (C=O) groups is 1. The van der Waals surface area contributed by atoms with E-state index in [4.69, 9.17) is 0 Å². The number of sulfonamides is 1. The van der Waals surface area contributed by atoms with Crippen molar-refractivity contribution in [3.05, 3.63) is 113 Å². The lowest BCUT2D eigenvalue weighted by molar-refractivity contribution is -0.126. The molecule has 3 aromatic rings. The van der Waals surface area contributed by atoms with E-state index in [9.17, 15) is 13.2 Å². The minimum atomic E-state index is -3.52. The van der Waals surface area contributed by atoms with Crippen LogP contribution in [0.25, 0.3) is 6.08 Å². The Morgan fingerprint density at radius 2 is 1.37 bits per heavy atom. The smallest absolute Gasteiger partial charge is 0.236 e. The highest BCUT2D eigenvalue weighted by Gasteiger charge is 2.33. The van der Waals surface area contributed by atoms with Crippen molar-refractivity contribution in [3.8, 4) is 0 Å². The number of amides is 1. The number of hydrogen-bond acceptors (Lipinski definition) is 3. The van der Waals surface area contributed by atoms with Crippen molar-refractivity contribution in [1.29, 1.82) is 0 Å². The van der Waals surface area contributed by atoms with E-state index in [0.29, 0.717) is 32.5 Å². The number of piperidine rings is 1. The molecule has 0 spiro atoms. The first-order valence-corrected chi connectivity index (χ1v) is 13.5. The van der Waals surface area contributed by atoms with Crippen LogP contribution < -0.4 is 5.32 Å². The lowest BCUT2D eigenvalue weighted by Crippen LogP contribution is -2.45. The highest BCUT2D eigenvalue weighted by atomic mass is 32.2. The summed E-state index contributed by atoms with van der Waals surface area (Å²) in [6.07, 6.45) is 2.64. The second kappa shape index (κ2) is 11.0. The molecule has 182 valence electrons. The Balaban J connectivity index is 1.37. The van der Waals surface area contributed by atoms with Gasteiger partial charge in [-0.25, -0.2) is 8.42 Å². The Bertz CT molecular complexity index is 1200. The third-order valence-electron chi connectivity index (χ3n) is 6.85. The highest BCUT2D eigenvalue weighted by molar-refractivity contribution is 7.92. The summed E-state index contributed by atoms with van der Waals surface area (Å²) >= 11 is 0. The molecular weight excluding hydrogens is 456 g/mol. The molecule has 1 heterocycles. The van der Waals surface area contributed by atoms with E-state index in [1.54, 1.807) is 6.08 Å². The summed E-state index contributed by atoms with van der Waals surface area (Å²) in [7, 11) is -3.52. The molecule has 0 atom stereocenters. The number of nitrogens with one attached hydrogen (secondary N) is 1. The molecular formula is C29H32N2O3S. The van der Waals surface area contributed by atoms with Crippen molar-refractivity contribution in [2.75, 3.05) is 19.6 Å². The first kappa shape index (κ1) is 24.9. The zero-order valence-electron chi connectivity index (χ0n) is 20.0. The standard InChI is InChI=1S/C29H32N2O3S/c1-29(26-13-7-3-8-14-26,27-15-9-4-10-16-27)23-30-28(32)25-17-20-31(21-18-25)35(33,34)22-19-24-11-5-2-6-12-24/h2-16,19,22,25H,17-18,20-21,23H2,1H3,(H,30,32)/b22-19+. The van der Waals surface area contributed by atoms with Crippen molar-refractivity contribution in [1.82, 2.24) is 9.62 Å². The maximum atomic E-state index is 13.1. The average molecular weight is 489 g/mol. The first-order chi connectivity index (χ1) is 16.9. The molecule has 0 bridgehead atoms. The molecule has 1 saturated heterocycles. The Morgan fingerprint density at radius 1 is 0.886 bits per heavy atom. The van der Waals surface area contributed by atoms with E-state index in [1.807, 2.05) is 66.7 Å². The van der Waals surface area contributed by atoms with Crippen LogP contribution in [0.3, 0.4) is 0 Å². The summed E-state index contributed by atoms with van der Waals surface area (Å²) in [5.74, 6) is -0.213. The molecule has 0 aromatic heterocycles. The van der Waals surface area contributed by atoms with Gasteiger partial charge in [0.25, 0.3) is 0 Å². The van der Waals surface area contributed by atoms with Gasteiger partial charge in [0.15, 0.2) is 0 Å². The van der Waals surface area contributed by atoms with Crippen molar-refractivity contribution in [2.24, 2.45) is 5.92 Å². The molecule has 1 aliphatic heterocycles. The lowest BCUT2D eigenvalue weighted by atomic mass is 9.76. The summed E-state index contributed by atoms with van der Waals surface area (Å²) in [5, 5.41) is 4.43. The minimum Gasteiger partial charge on any atom is -0.355 e. The van der Waals surface area contributed by atoms with Crippen molar-refractivity contribution in [2.45, 2.75) is 25.2 Å². The Hall–Kier alpha value is -3.22. The van der Waals surface area contributed by atoms with E-state index in [-0.39, 0.29) is 17.2 Å². The largest absolute Gasteiger partial charge is 0.355 e. The number of carbonyl (C=O) groups excluding carboxylic acids is 1. The zero-order valence-corrected chi connectivity index (χ0v) is 20.8. The van der Waals surface area contributed by atoms with Crippen LogP contribution in [-0.2, 0) is 20.2 Å². The molecule has 35 heavy (non-hydrogen) atoms. The minimum absolute atomic E-state index is 0.0139. The summed E-state index contributed by atoms with van der Waals surface area (Å²) in [6, 6.07) is 29.8. The van der Waals surface area contributed by atoms with Crippen LogP contribution >= 0.6 is 0 Å². The summed E-state index contributed by atoms with van der Waals surface area (Å²) in [4.78, 5) is 13.1. The average Bonchev–Trinajstić information content (AvgIpc) is 2.92. The molecule has 0 saturated carbocycles. The fraction of sp³-hybridized carbons (Fsp3) is 0.276. The maximum Gasteiger partial charge on any atom is 0.236 e. The topological polar surface area (TPSA) is 66.5 Å². The van der Waals surface area contributed by atoms with Gasteiger partial charge in [-0.05, 0) is 42.5 Å². The van der Waals surface area contributed by atoms with Crippen LogP contribution in [0.1, 0.15) is 36.5 Å². The van der Waals surface area contributed by atoms with E-state index in [0.717, 1.165) is 16.7 Å². The zero-order chi connectivity index (χ0) is 24.7. The van der Waals surface area contributed by atoms with Gasteiger partial charge in [-0.1, -0.05) is 91.0 Å². The maximum absolute atomic E-state index is 13.1. The van der Waals surface area contributed by atoms with Gasteiger partial charge in [0.05, 0.1) is 0 Å². The number of hydrogen-bond donors (Lipinski definition) is 1. The van der Waals surface area contributed by atoms with Gasteiger partial charge < -0.3 is 5.32 Å². The third kappa shape index (κ3) is 6.08. The molecule has 3 aromatic carbocycles. The van der Waals surface area contributed by atoms with Crippen LogP contribution in [0.15, 0.2) is 96.4 Å². The Morgan fingerprint density at radius 3 is 1.89 bits per heavy atom. The van der Waals surface area contributed by atoms with Crippen LogP contribution in [0, 0.1) is 5.92 Å². The van der Waals surface area contributed by atoms with Crippen molar-refractivity contribution in [3.63, 3.8) is 0 Å². The first-order valence-electron chi connectivity index (χ1n) is 12.0. The predicted octanol–water partition coefficient (Wildman–Crippen LogP) is 4.82. The van der Waals surface area contributed by atoms with Crippen molar-refractivity contribution >= 4 is 22.0 Å². The van der Waals surface area contributed by atoms with E-state index in [2.05, 4.69) is 36.5 Å². The summed E-state index contributed by atoms with van der Waals surface area (Å²) < 4.78 is 27.0. The third-order valence-corrected chi connectivity index (χ3v) is 8.42. The SMILES string of the molecule is CC(CNC(=O)C1CCN(S(=O)(=O)/C=C/c2ccccc2)CC1)(c1ccccc1)c1ccccc1. The fourth-order valence-corrected chi connectivity index (χ4v) is 5.80. The van der Waals surface area contributed by atoms with Gasteiger partial charge in [-0.3, -0.25) is 4.79 Å². The van der Waals surface area contributed by atoms with Gasteiger partial charge in [0.1, 0.15) is 0 Å². The molecule has 6 heteroatoms. The van der Waals surface area contributed by atoms with Crippen LogP contribution in [0.5, 0.6) is 0 Å². The highest BCUT2D eigenvalue weighted by Crippen LogP contribution is 2.31. The Labute approximate surface area is 208 Å². The van der Waals surface area contributed by atoms with Crippen LogP contribution in [-0.4, -0.2) is 38.3 Å². The predicted molar refractivity (Wildman–Crippen MR) is 141 cm³/mol. The van der Waals surface area contributed by atoms with E-state index < -0.39 is 10.0 Å². The molecule has 1 amide bonds. The second-order valence-corrected chi connectivity index (χ2v) is 11.0. The van der Waals surface area contributed by atoms with E-state index >= 15 is 0 Å². The number of rotatable bonds is 8. The van der Waals surface area contributed by atoms with Gasteiger partial charge >= 0.3 is 0 Å². The van der Waals surface area contributed by atoms with Crippen molar-refractivity contribution < 1.29 is 13.2 Å². The van der Waals surface area contributed by atoms with Gasteiger partial charge in [-0.2, -0.15) is 4.31 Å². The molecule has 1 aliphatic rings. The van der Waals surface area contributed by atoms with Crippen LogP contribution in [0.2, 0.25) is 0 Å². The van der Waals surface area contributed by atoms with Gasteiger partial charge in [-0.15, -0.1) is 0 Å². The number of nitrogens with zero attached hydrogens (tertiary/aromatic N) is 1. The summed E-state index contributed by atoms with van der Waals surface area (Å²) in [5.41, 5.74) is 2.74. The molecule has 1 fully saturated rings. The quantitative estimate of drug-likeness (QED) is 0.494. The normalized spacial score (nSPS) is 15.8. The number of benzene rings is 3. The monoisotopic (exact) mass is 488 g/mol. The molecule has 0 unspecified atom stereocenters. The summed E-state index contributed by atoms with van der Waals surface area (Å²) in [6.45, 7) is 3.30. The molecule has 0 radical (unpaired) electrons. The Kier molecular flexibility index (Phi) is 7.83. The van der Waals surface area contributed by atoms with Gasteiger partial charge in [0.2, 0.25) is 15.9 Å². The molecule has 5 nitrogen and oxygen atoms in total. The second-order valence-electron chi connectivity index (χ2n) is 9.21. The van der Waals surface area contributed by atoms with Gasteiger partial charge in [0, 0.05) is 36.4 Å². The molecule has 0 aliphatic carbocycles. The fourth-order valence-electron chi connectivity index (χ4n) is 4.58.